The molecule has 22 heavy (non-hydrogen) atoms. The molecule has 0 aliphatic carbocycles. The second-order valence-corrected chi connectivity index (χ2v) is 6.47. The Hall–Kier alpha value is -0.610. The van der Waals surface area contributed by atoms with Gasteiger partial charge in [-0.1, -0.05) is 71.1 Å². The molecule has 4 nitrogen and oxygen atoms in total. The van der Waals surface area contributed by atoms with E-state index in [0.29, 0.717) is 18.6 Å². The normalized spacial score (nSPS) is 19.7. The van der Waals surface area contributed by atoms with Crippen LogP contribution in [0.5, 0.6) is 0 Å². The lowest BCUT2D eigenvalue weighted by molar-refractivity contribution is -0.137. The van der Waals surface area contributed by atoms with Crippen molar-refractivity contribution in [1.29, 1.82) is 0 Å². The molecule has 0 aromatic carbocycles. The summed E-state index contributed by atoms with van der Waals surface area (Å²) in [6.07, 6.45) is 17.6. The van der Waals surface area contributed by atoms with Crippen LogP contribution < -0.4 is 6.15 Å². The van der Waals surface area contributed by atoms with Gasteiger partial charge in [-0.15, -0.1) is 0 Å². The van der Waals surface area contributed by atoms with Crippen LogP contribution >= 0.6 is 0 Å². The summed E-state index contributed by atoms with van der Waals surface area (Å²) < 4.78 is 5.73. The zero-order valence-electron chi connectivity index (χ0n) is 14.5. The molecule has 0 aromatic heterocycles. The first-order chi connectivity index (χ1) is 10.2. The fourth-order valence-corrected chi connectivity index (χ4v) is 2.96. The standard InChI is InChI=1S/C18H34O3.H3N/c1-2-3-4-5-7-10-13-16-17(21-16)14-11-8-6-9-12-15-18(19)20;/h16-17H,2-15H2,1H3,(H,19,20);1H3. The Morgan fingerprint density at radius 2 is 1.27 bits per heavy atom. The van der Waals surface area contributed by atoms with Gasteiger partial charge in [0.05, 0.1) is 12.2 Å². The van der Waals surface area contributed by atoms with E-state index < -0.39 is 5.97 Å². The zero-order valence-corrected chi connectivity index (χ0v) is 14.5. The molecule has 1 heterocycles. The molecule has 1 saturated heterocycles. The highest BCUT2D eigenvalue weighted by atomic mass is 16.6. The van der Waals surface area contributed by atoms with E-state index in [1.54, 1.807) is 0 Å². The van der Waals surface area contributed by atoms with E-state index in [9.17, 15) is 4.79 Å². The Bertz CT molecular complexity index is 271. The smallest absolute Gasteiger partial charge is 0.303 e. The number of aliphatic carboxylic acids is 1. The zero-order chi connectivity index (χ0) is 15.3. The predicted octanol–water partition coefficient (Wildman–Crippen LogP) is 5.48. The summed E-state index contributed by atoms with van der Waals surface area (Å²) in [7, 11) is 0. The van der Waals surface area contributed by atoms with Crippen molar-refractivity contribution in [1.82, 2.24) is 6.15 Å². The first kappa shape index (κ1) is 21.4. The van der Waals surface area contributed by atoms with E-state index in [0.717, 1.165) is 12.8 Å². The molecule has 1 aliphatic rings. The van der Waals surface area contributed by atoms with Gasteiger partial charge >= 0.3 is 5.97 Å². The lowest BCUT2D eigenvalue weighted by Crippen LogP contribution is -1.95. The Kier molecular flexibility index (Phi) is 13.6. The van der Waals surface area contributed by atoms with E-state index in [2.05, 4.69) is 6.92 Å². The number of rotatable bonds is 15. The number of unbranched alkanes of at least 4 members (excludes halogenated alkanes) is 9. The molecule has 0 aromatic rings. The maximum atomic E-state index is 10.4. The molecule has 1 aliphatic heterocycles. The van der Waals surface area contributed by atoms with E-state index >= 15 is 0 Å². The third-order valence-corrected chi connectivity index (χ3v) is 4.41. The summed E-state index contributed by atoms with van der Waals surface area (Å²) >= 11 is 0. The first-order valence-corrected chi connectivity index (χ1v) is 9.11. The van der Waals surface area contributed by atoms with Crippen molar-refractivity contribution in [2.24, 2.45) is 0 Å². The molecule has 1 rings (SSSR count). The number of carbonyl (C=O) groups is 1. The van der Waals surface area contributed by atoms with Gasteiger partial charge in [0.1, 0.15) is 0 Å². The number of carboxylic acids is 1. The summed E-state index contributed by atoms with van der Waals surface area (Å²) in [6, 6.07) is 0. The van der Waals surface area contributed by atoms with Gasteiger partial charge in [0, 0.05) is 6.42 Å². The van der Waals surface area contributed by atoms with Crippen LogP contribution in [-0.4, -0.2) is 23.3 Å². The van der Waals surface area contributed by atoms with Gasteiger partial charge in [-0.3, -0.25) is 4.79 Å². The second-order valence-electron chi connectivity index (χ2n) is 6.47. The van der Waals surface area contributed by atoms with Crippen molar-refractivity contribution < 1.29 is 14.6 Å². The van der Waals surface area contributed by atoms with Gasteiger partial charge < -0.3 is 16.0 Å². The molecule has 1 fully saturated rings. The molecule has 0 bridgehead atoms. The van der Waals surface area contributed by atoms with Crippen LogP contribution in [0.15, 0.2) is 0 Å². The highest BCUT2D eigenvalue weighted by Gasteiger charge is 2.36. The van der Waals surface area contributed by atoms with Crippen molar-refractivity contribution in [3.63, 3.8) is 0 Å². The van der Waals surface area contributed by atoms with E-state index in [4.69, 9.17) is 9.84 Å². The minimum Gasteiger partial charge on any atom is -0.481 e. The predicted molar refractivity (Wildman–Crippen MR) is 91.6 cm³/mol. The average Bonchev–Trinajstić information content (AvgIpc) is 3.20. The van der Waals surface area contributed by atoms with Gasteiger partial charge in [0.15, 0.2) is 0 Å². The van der Waals surface area contributed by atoms with E-state index in [1.165, 1.54) is 70.6 Å². The van der Waals surface area contributed by atoms with Gasteiger partial charge in [0.2, 0.25) is 0 Å². The van der Waals surface area contributed by atoms with E-state index in [1.807, 2.05) is 0 Å². The van der Waals surface area contributed by atoms with Crippen LogP contribution in [0, 0.1) is 0 Å². The summed E-state index contributed by atoms with van der Waals surface area (Å²) in [4.78, 5) is 10.4. The first-order valence-electron chi connectivity index (χ1n) is 9.11. The van der Waals surface area contributed by atoms with Crippen LogP contribution in [0.2, 0.25) is 0 Å². The van der Waals surface area contributed by atoms with Crippen LogP contribution in [0.25, 0.3) is 0 Å². The summed E-state index contributed by atoms with van der Waals surface area (Å²) in [6.45, 7) is 2.26. The fourth-order valence-electron chi connectivity index (χ4n) is 2.96. The van der Waals surface area contributed by atoms with Crippen molar-refractivity contribution >= 4 is 5.97 Å². The number of ether oxygens (including phenoxy) is 1. The Morgan fingerprint density at radius 3 is 1.77 bits per heavy atom. The molecule has 4 N–H and O–H groups in total. The van der Waals surface area contributed by atoms with Crippen LogP contribution in [-0.2, 0) is 9.53 Å². The second kappa shape index (κ2) is 14.0. The maximum absolute atomic E-state index is 10.4. The summed E-state index contributed by atoms with van der Waals surface area (Å²) in [5.74, 6) is -0.668. The molecule has 2 atom stereocenters. The lowest BCUT2D eigenvalue weighted by atomic mass is 10.0. The fraction of sp³-hybridized carbons (Fsp3) is 0.944. The van der Waals surface area contributed by atoms with E-state index in [-0.39, 0.29) is 6.15 Å². The van der Waals surface area contributed by atoms with Gasteiger partial charge in [-0.25, -0.2) is 0 Å². The molecular formula is C18H37NO3. The molecule has 4 heteroatoms. The average molecular weight is 315 g/mol. The molecule has 0 saturated carbocycles. The number of epoxide rings is 1. The van der Waals surface area contributed by atoms with Crippen LogP contribution in [0.3, 0.4) is 0 Å². The molecular weight excluding hydrogens is 278 g/mol. The molecule has 0 radical (unpaired) electrons. The third kappa shape index (κ3) is 12.0. The Labute approximate surface area is 136 Å². The molecule has 0 amide bonds. The minimum absolute atomic E-state index is 0. The van der Waals surface area contributed by atoms with Crippen molar-refractivity contribution in [3.05, 3.63) is 0 Å². The van der Waals surface area contributed by atoms with Crippen LogP contribution in [0.4, 0.5) is 0 Å². The molecule has 2 unspecified atom stereocenters. The summed E-state index contributed by atoms with van der Waals surface area (Å²) in [5.41, 5.74) is 0. The number of carboxylic acid groups (broad SMARTS) is 1. The monoisotopic (exact) mass is 315 g/mol. The number of hydrogen-bond donors (Lipinski definition) is 2. The van der Waals surface area contributed by atoms with Crippen molar-refractivity contribution in [3.8, 4) is 0 Å². The summed E-state index contributed by atoms with van der Waals surface area (Å²) in [5, 5.41) is 8.54. The van der Waals surface area contributed by atoms with Crippen LogP contribution in [0.1, 0.15) is 96.8 Å². The lowest BCUT2D eigenvalue weighted by Gasteiger charge is -2.00. The van der Waals surface area contributed by atoms with Gasteiger partial charge in [0.25, 0.3) is 0 Å². The third-order valence-electron chi connectivity index (χ3n) is 4.41. The SMILES string of the molecule is CCCCCCCCC1OC1CCCCCCCC(=O)O.N. The van der Waals surface area contributed by atoms with Crippen molar-refractivity contribution in [2.75, 3.05) is 0 Å². The molecule has 0 spiro atoms. The van der Waals surface area contributed by atoms with Crippen molar-refractivity contribution in [2.45, 2.75) is 109 Å². The minimum atomic E-state index is -0.668. The molecule has 132 valence electrons. The largest absolute Gasteiger partial charge is 0.481 e. The highest BCUT2D eigenvalue weighted by Crippen LogP contribution is 2.31. The Morgan fingerprint density at radius 1 is 0.818 bits per heavy atom. The van der Waals surface area contributed by atoms with Gasteiger partial charge in [-0.2, -0.15) is 0 Å². The highest BCUT2D eigenvalue weighted by molar-refractivity contribution is 5.66. The van der Waals surface area contributed by atoms with Gasteiger partial charge in [-0.05, 0) is 19.3 Å². The Balaban J connectivity index is 0.00000441. The number of hydrogen-bond acceptors (Lipinski definition) is 3. The topological polar surface area (TPSA) is 84.8 Å². The maximum Gasteiger partial charge on any atom is 0.303 e. The quantitative estimate of drug-likeness (QED) is 0.309.